The lowest BCUT2D eigenvalue weighted by Gasteiger charge is -2.35. The van der Waals surface area contributed by atoms with Crippen LogP contribution >= 0.6 is 11.3 Å². The standard InChI is InChI=1S/C14H21N3OS/c1-10(11-8-15-9-11)12(18)17-14(4-2-3-5-14)13-16-6-7-19-13/h6-7,10-11,15H,2-5,8-9H2,1H3,(H,17,18). The van der Waals surface area contributed by atoms with Crippen molar-refractivity contribution in [2.24, 2.45) is 11.8 Å². The molecule has 1 aliphatic carbocycles. The number of hydrogen-bond donors (Lipinski definition) is 2. The second kappa shape index (κ2) is 5.21. The summed E-state index contributed by atoms with van der Waals surface area (Å²) >= 11 is 1.66. The van der Waals surface area contributed by atoms with Crippen molar-refractivity contribution >= 4 is 17.2 Å². The molecule has 1 amide bonds. The highest BCUT2D eigenvalue weighted by atomic mass is 32.1. The quantitative estimate of drug-likeness (QED) is 0.885. The van der Waals surface area contributed by atoms with Crippen LogP contribution in [0.5, 0.6) is 0 Å². The van der Waals surface area contributed by atoms with Gasteiger partial charge in [-0.25, -0.2) is 4.98 Å². The third-order valence-corrected chi connectivity index (χ3v) is 5.57. The molecule has 2 fully saturated rings. The lowest BCUT2D eigenvalue weighted by Crippen LogP contribution is -2.53. The molecule has 1 saturated carbocycles. The number of rotatable bonds is 4. The minimum Gasteiger partial charge on any atom is -0.344 e. The first-order valence-corrected chi connectivity index (χ1v) is 8.02. The van der Waals surface area contributed by atoms with Gasteiger partial charge in [-0.3, -0.25) is 4.79 Å². The van der Waals surface area contributed by atoms with E-state index < -0.39 is 0 Å². The largest absolute Gasteiger partial charge is 0.344 e. The van der Waals surface area contributed by atoms with Gasteiger partial charge in [0.1, 0.15) is 5.01 Å². The van der Waals surface area contributed by atoms with Gasteiger partial charge in [0.25, 0.3) is 0 Å². The maximum atomic E-state index is 12.5. The Balaban J connectivity index is 1.73. The number of thiazole rings is 1. The molecule has 4 nitrogen and oxygen atoms in total. The van der Waals surface area contributed by atoms with Crippen LogP contribution in [0.2, 0.25) is 0 Å². The Labute approximate surface area is 118 Å². The molecule has 2 N–H and O–H groups in total. The van der Waals surface area contributed by atoms with Crippen molar-refractivity contribution in [1.82, 2.24) is 15.6 Å². The summed E-state index contributed by atoms with van der Waals surface area (Å²) in [7, 11) is 0. The Morgan fingerprint density at radius 2 is 2.26 bits per heavy atom. The van der Waals surface area contributed by atoms with Gasteiger partial charge in [0.15, 0.2) is 0 Å². The summed E-state index contributed by atoms with van der Waals surface area (Å²) in [4.78, 5) is 16.9. The molecule has 19 heavy (non-hydrogen) atoms. The topological polar surface area (TPSA) is 54.0 Å². The van der Waals surface area contributed by atoms with E-state index in [1.807, 2.05) is 18.5 Å². The van der Waals surface area contributed by atoms with Crippen molar-refractivity contribution in [2.75, 3.05) is 13.1 Å². The number of hydrogen-bond acceptors (Lipinski definition) is 4. The monoisotopic (exact) mass is 279 g/mol. The van der Waals surface area contributed by atoms with E-state index in [1.54, 1.807) is 11.3 Å². The second-order valence-electron chi connectivity index (χ2n) is 5.82. The molecule has 3 rings (SSSR count). The van der Waals surface area contributed by atoms with Crippen molar-refractivity contribution in [3.05, 3.63) is 16.6 Å². The summed E-state index contributed by atoms with van der Waals surface area (Å²) in [6.45, 7) is 3.99. The smallest absolute Gasteiger partial charge is 0.223 e. The summed E-state index contributed by atoms with van der Waals surface area (Å²) in [6.07, 6.45) is 6.26. The Hall–Kier alpha value is -0.940. The summed E-state index contributed by atoms with van der Waals surface area (Å²) < 4.78 is 0. The minimum absolute atomic E-state index is 0.0960. The molecule has 0 aromatic carbocycles. The molecule has 0 spiro atoms. The highest BCUT2D eigenvalue weighted by Crippen LogP contribution is 2.40. The summed E-state index contributed by atoms with van der Waals surface area (Å²) in [5, 5.41) is 9.64. The predicted octanol–water partition coefficient (Wildman–Crippen LogP) is 1.88. The highest BCUT2D eigenvalue weighted by molar-refractivity contribution is 7.09. The van der Waals surface area contributed by atoms with E-state index in [0.29, 0.717) is 5.92 Å². The average molecular weight is 279 g/mol. The van der Waals surface area contributed by atoms with Gasteiger partial charge in [0.2, 0.25) is 5.91 Å². The first-order chi connectivity index (χ1) is 9.21. The molecule has 1 saturated heterocycles. The van der Waals surface area contributed by atoms with Crippen molar-refractivity contribution in [3.8, 4) is 0 Å². The lowest BCUT2D eigenvalue weighted by molar-refractivity contribution is -0.128. The van der Waals surface area contributed by atoms with Crippen molar-refractivity contribution in [1.29, 1.82) is 0 Å². The predicted molar refractivity (Wildman–Crippen MR) is 75.9 cm³/mol. The van der Waals surface area contributed by atoms with Gasteiger partial charge >= 0.3 is 0 Å². The van der Waals surface area contributed by atoms with E-state index >= 15 is 0 Å². The number of nitrogens with one attached hydrogen (secondary N) is 2. The third kappa shape index (κ3) is 2.41. The molecule has 1 unspecified atom stereocenters. The van der Waals surface area contributed by atoms with Crippen LogP contribution in [0.3, 0.4) is 0 Å². The Morgan fingerprint density at radius 1 is 1.53 bits per heavy atom. The molecular weight excluding hydrogens is 258 g/mol. The van der Waals surface area contributed by atoms with Crippen LogP contribution < -0.4 is 10.6 Å². The molecule has 1 aliphatic heterocycles. The average Bonchev–Trinajstić information content (AvgIpc) is 2.97. The molecular formula is C14H21N3OS. The van der Waals surface area contributed by atoms with Gasteiger partial charge in [-0.2, -0.15) is 0 Å². The van der Waals surface area contributed by atoms with Crippen molar-refractivity contribution in [2.45, 2.75) is 38.1 Å². The summed E-state index contributed by atoms with van der Waals surface area (Å²) in [6, 6.07) is 0. The van der Waals surface area contributed by atoms with E-state index in [-0.39, 0.29) is 17.4 Å². The number of amides is 1. The number of nitrogens with zero attached hydrogens (tertiary/aromatic N) is 1. The van der Waals surface area contributed by atoms with E-state index in [9.17, 15) is 4.79 Å². The van der Waals surface area contributed by atoms with Gasteiger partial charge in [0.05, 0.1) is 5.54 Å². The molecule has 0 radical (unpaired) electrons. The van der Waals surface area contributed by atoms with Crippen molar-refractivity contribution < 1.29 is 4.79 Å². The van der Waals surface area contributed by atoms with Crippen molar-refractivity contribution in [3.63, 3.8) is 0 Å². The Kier molecular flexibility index (Phi) is 3.58. The summed E-state index contributed by atoms with van der Waals surface area (Å²) in [5.74, 6) is 0.789. The summed E-state index contributed by atoms with van der Waals surface area (Å²) in [5.41, 5.74) is -0.184. The number of aromatic nitrogens is 1. The maximum absolute atomic E-state index is 12.5. The highest BCUT2D eigenvalue weighted by Gasteiger charge is 2.41. The molecule has 1 atom stereocenters. The van der Waals surface area contributed by atoms with Crippen LogP contribution in [0, 0.1) is 11.8 Å². The van der Waals surface area contributed by atoms with Gasteiger partial charge < -0.3 is 10.6 Å². The Morgan fingerprint density at radius 3 is 2.79 bits per heavy atom. The SMILES string of the molecule is CC(C(=O)NC1(c2nccs2)CCCC1)C1CNC1. The second-order valence-corrected chi connectivity index (χ2v) is 6.72. The maximum Gasteiger partial charge on any atom is 0.223 e. The number of carbonyl (C=O) groups excluding carboxylic acids is 1. The molecule has 2 aliphatic rings. The van der Waals surface area contributed by atoms with E-state index in [4.69, 9.17) is 0 Å². The van der Waals surface area contributed by atoms with Crippen LogP contribution in [0.4, 0.5) is 0 Å². The lowest BCUT2D eigenvalue weighted by atomic mass is 9.87. The zero-order valence-electron chi connectivity index (χ0n) is 11.3. The fourth-order valence-electron chi connectivity index (χ4n) is 3.06. The van der Waals surface area contributed by atoms with Crippen LogP contribution in [0.15, 0.2) is 11.6 Å². The first kappa shape index (κ1) is 13.1. The first-order valence-electron chi connectivity index (χ1n) is 7.14. The van der Waals surface area contributed by atoms with Crippen LogP contribution in [0.1, 0.15) is 37.6 Å². The minimum atomic E-state index is -0.184. The molecule has 5 heteroatoms. The zero-order valence-corrected chi connectivity index (χ0v) is 12.1. The Bertz CT molecular complexity index is 436. The zero-order chi connectivity index (χ0) is 13.3. The van der Waals surface area contributed by atoms with E-state index in [0.717, 1.165) is 30.9 Å². The fourth-order valence-corrected chi connectivity index (χ4v) is 3.91. The third-order valence-electron chi connectivity index (χ3n) is 4.60. The fraction of sp³-hybridized carbons (Fsp3) is 0.714. The van der Waals surface area contributed by atoms with Gasteiger partial charge in [0, 0.05) is 17.5 Å². The van der Waals surface area contributed by atoms with E-state index in [2.05, 4.69) is 15.6 Å². The van der Waals surface area contributed by atoms with Crippen LogP contribution in [0.25, 0.3) is 0 Å². The molecule has 1 aromatic rings. The molecule has 0 bridgehead atoms. The molecule has 1 aromatic heterocycles. The van der Waals surface area contributed by atoms with E-state index in [1.165, 1.54) is 12.8 Å². The molecule has 104 valence electrons. The van der Waals surface area contributed by atoms with Gasteiger partial charge in [-0.05, 0) is 31.8 Å². The van der Waals surface area contributed by atoms with Gasteiger partial charge in [-0.1, -0.05) is 19.8 Å². The van der Waals surface area contributed by atoms with Gasteiger partial charge in [-0.15, -0.1) is 11.3 Å². The van der Waals surface area contributed by atoms with Crippen LogP contribution in [-0.2, 0) is 10.3 Å². The molecule has 2 heterocycles. The van der Waals surface area contributed by atoms with Crippen LogP contribution in [-0.4, -0.2) is 24.0 Å². The normalized spacial score (nSPS) is 23.8. The number of carbonyl (C=O) groups is 1.